The molecule has 0 saturated heterocycles. The first kappa shape index (κ1) is 11.7. The van der Waals surface area contributed by atoms with Crippen molar-refractivity contribution in [2.24, 2.45) is 0 Å². The number of benzene rings is 2. The van der Waals surface area contributed by atoms with Gasteiger partial charge in [-0.25, -0.2) is 0 Å². The van der Waals surface area contributed by atoms with E-state index in [0.29, 0.717) is 16.7 Å². The van der Waals surface area contributed by atoms with E-state index in [1.165, 1.54) is 5.56 Å². The van der Waals surface area contributed by atoms with Crippen LogP contribution < -0.4 is 5.43 Å². The first-order valence-electron chi connectivity index (χ1n) is 6.26. The first-order chi connectivity index (χ1) is 9.15. The van der Waals surface area contributed by atoms with Crippen molar-refractivity contribution in [2.45, 2.75) is 13.8 Å². The van der Waals surface area contributed by atoms with Gasteiger partial charge in [-0.1, -0.05) is 42.0 Å². The van der Waals surface area contributed by atoms with Crippen LogP contribution >= 0.6 is 0 Å². The summed E-state index contributed by atoms with van der Waals surface area (Å²) in [7, 11) is 0. The summed E-state index contributed by atoms with van der Waals surface area (Å²) in [5.74, 6) is 0.614. The molecule has 0 aliphatic rings. The zero-order valence-corrected chi connectivity index (χ0v) is 10.9. The molecule has 0 aliphatic carbocycles. The Morgan fingerprint density at radius 1 is 0.947 bits per heavy atom. The Bertz CT molecular complexity index is 796. The molecule has 1 aromatic heterocycles. The zero-order valence-electron chi connectivity index (χ0n) is 10.9. The Morgan fingerprint density at radius 3 is 2.42 bits per heavy atom. The molecule has 2 nitrogen and oxygen atoms in total. The van der Waals surface area contributed by atoms with Gasteiger partial charge in [0.25, 0.3) is 0 Å². The van der Waals surface area contributed by atoms with Gasteiger partial charge in [-0.15, -0.1) is 0 Å². The highest BCUT2D eigenvalue weighted by Crippen LogP contribution is 2.23. The van der Waals surface area contributed by atoms with Crippen molar-refractivity contribution in [3.05, 3.63) is 69.9 Å². The largest absolute Gasteiger partial charge is 0.456 e. The monoisotopic (exact) mass is 250 g/mol. The summed E-state index contributed by atoms with van der Waals surface area (Å²) in [4.78, 5) is 12.2. The minimum Gasteiger partial charge on any atom is -0.456 e. The van der Waals surface area contributed by atoms with Gasteiger partial charge >= 0.3 is 0 Å². The number of rotatable bonds is 1. The molecule has 0 amide bonds. The summed E-state index contributed by atoms with van der Waals surface area (Å²) in [5, 5.41) is 0.665. The Hall–Kier alpha value is -2.35. The van der Waals surface area contributed by atoms with Crippen LogP contribution in [0.5, 0.6) is 0 Å². The van der Waals surface area contributed by atoms with Crippen LogP contribution in [0.25, 0.3) is 22.3 Å². The highest BCUT2D eigenvalue weighted by Gasteiger charge is 2.08. The fraction of sp³-hybridized carbons (Fsp3) is 0.118. The molecule has 0 saturated carbocycles. The van der Waals surface area contributed by atoms with Crippen molar-refractivity contribution in [2.75, 3.05) is 0 Å². The molecule has 0 radical (unpaired) electrons. The molecule has 2 aromatic carbocycles. The molecular weight excluding hydrogens is 236 g/mol. The Labute approximate surface area is 111 Å². The lowest BCUT2D eigenvalue weighted by atomic mass is 10.1. The van der Waals surface area contributed by atoms with E-state index in [0.717, 1.165) is 11.1 Å². The lowest BCUT2D eigenvalue weighted by molar-refractivity contribution is 0.618. The van der Waals surface area contributed by atoms with Crippen molar-refractivity contribution in [3.63, 3.8) is 0 Å². The van der Waals surface area contributed by atoms with Crippen LogP contribution in [0, 0.1) is 13.8 Å². The van der Waals surface area contributed by atoms with Crippen LogP contribution in [-0.2, 0) is 0 Å². The molecule has 2 heteroatoms. The van der Waals surface area contributed by atoms with E-state index >= 15 is 0 Å². The van der Waals surface area contributed by atoms with Gasteiger partial charge < -0.3 is 4.42 Å². The average Bonchev–Trinajstić information content (AvgIpc) is 2.39. The van der Waals surface area contributed by atoms with Crippen molar-refractivity contribution >= 4 is 11.0 Å². The molecule has 0 N–H and O–H groups in total. The summed E-state index contributed by atoms with van der Waals surface area (Å²) in [6, 6.07) is 15.2. The molecule has 0 spiro atoms. The van der Waals surface area contributed by atoms with E-state index in [9.17, 15) is 4.79 Å². The first-order valence-corrected chi connectivity index (χ1v) is 6.26. The molecule has 3 aromatic rings. The maximum atomic E-state index is 12.2. The van der Waals surface area contributed by atoms with Crippen LogP contribution in [0.4, 0.5) is 0 Å². The second-order valence-corrected chi connectivity index (χ2v) is 4.79. The van der Waals surface area contributed by atoms with Crippen molar-refractivity contribution < 1.29 is 4.42 Å². The number of aryl methyl sites for hydroxylation is 2. The Morgan fingerprint density at radius 2 is 1.68 bits per heavy atom. The van der Waals surface area contributed by atoms with Gasteiger partial charge in [0, 0.05) is 11.6 Å². The predicted molar refractivity (Wildman–Crippen MR) is 77.4 cm³/mol. The predicted octanol–water partition coefficient (Wildman–Crippen LogP) is 4.08. The number of fused-ring (bicyclic) bond motifs is 1. The summed E-state index contributed by atoms with van der Waals surface area (Å²) in [6.07, 6.45) is 0. The van der Waals surface area contributed by atoms with E-state index in [1.807, 2.05) is 56.3 Å². The molecule has 0 unspecified atom stereocenters. The van der Waals surface area contributed by atoms with Gasteiger partial charge in [0.05, 0.1) is 5.39 Å². The second kappa shape index (κ2) is 4.39. The molecule has 0 bridgehead atoms. The number of hydrogen-bond donors (Lipinski definition) is 0. The van der Waals surface area contributed by atoms with Gasteiger partial charge in [-0.2, -0.15) is 0 Å². The van der Waals surface area contributed by atoms with Gasteiger partial charge in [0.2, 0.25) is 0 Å². The summed E-state index contributed by atoms with van der Waals surface area (Å²) < 4.78 is 5.85. The minimum atomic E-state index is 0.00919. The molecule has 0 aliphatic heterocycles. The topological polar surface area (TPSA) is 30.2 Å². The zero-order chi connectivity index (χ0) is 13.4. The molecular formula is C17H14O2. The summed E-state index contributed by atoms with van der Waals surface area (Å²) >= 11 is 0. The van der Waals surface area contributed by atoms with Crippen LogP contribution in [0.2, 0.25) is 0 Å². The van der Waals surface area contributed by atoms with E-state index in [4.69, 9.17) is 4.42 Å². The SMILES string of the molecule is Cc1ccc(-c2cc(=O)c3c(C)cccc3o2)cc1. The molecule has 3 rings (SSSR count). The standard InChI is InChI=1S/C17H14O2/c1-11-6-8-13(9-7-11)16-10-14(18)17-12(2)4-3-5-15(17)19-16/h3-10H,1-2H3. The highest BCUT2D eigenvalue weighted by molar-refractivity contribution is 5.81. The van der Waals surface area contributed by atoms with Gasteiger partial charge in [0.1, 0.15) is 11.3 Å². The molecule has 0 fully saturated rings. The van der Waals surface area contributed by atoms with Crippen molar-refractivity contribution in [1.82, 2.24) is 0 Å². The highest BCUT2D eigenvalue weighted by atomic mass is 16.3. The lowest BCUT2D eigenvalue weighted by Gasteiger charge is -2.05. The van der Waals surface area contributed by atoms with Crippen molar-refractivity contribution in [1.29, 1.82) is 0 Å². The molecule has 94 valence electrons. The summed E-state index contributed by atoms with van der Waals surface area (Å²) in [6.45, 7) is 3.95. The van der Waals surface area contributed by atoms with Gasteiger partial charge in [-0.05, 0) is 25.5 Å². The molecule has 1 heterocycles. The van der Waals surface area contributed by atoms with Gasteiger partial charge in [-0.3, -0.25) is 4.79 Å². The van der Waals surface area contributed by atoms with E-state index in [-0.39, 0.29) is 5.43 Å². The molecule has 19 heavy (non-hydrogen) atoms. The van der Waals surface area contributed by atoms with Crippen molar-refractivity contribution in [3.8, 4) is 11.3 Å². The Kier molecular flexibility index (Phi) is 2.71. The Balaban J connectivity index is 2.27. The average molecular weight is 250 g/mol. The maximum absolute atomic E-state index is 12.2. The molecule has 0 atom stereocenters. The van der Waals surface area contributed by atoms with Gasteiger partial charge in [0.15, 0.2) is 5.43 Å². The summed E-state index contributed by atoms with van der Waals surface area (Å²) in [5.41, 5.74) is 3.70. The second-order valence-electron chi connectivity index (χ2n) is 4.79. The van der Waals surface area contributed by atoms with E-state index in [1.54, 1.807) is 6.07 Å². The van der Waals surface area contributed by atoms with E-state index in [2.05, 4.69) is 0 Å². The lowest BCUT2D eigenvalue weighted by Crippen LogP contribution is -2.02. The fourth-order valence-electron chi connectivity index (χ4n) is 2.24. The van der Waals surface area contributed by atoms with Crippen LogP contribution in [0.15, 0.2) is 57.7 Å². The minimum absolute atomic E-state index is 0.00919. The van der Waals surface area contributed by atoms with E-state index < -0.39 is 0 Å². The number of hydrogen-bond acceptors (Lipinski definition) is 2. The third-order valence-corrected chi connectivity index (χ3v) is 3.30. The fourth-order valence-corrected chi connectivity index (χ4v) is 2.24. The van der Waals surface area contributed by atoms with Crippen LogP contribution in [0.1, 0.15) is 11.1 Å². The van der Waals surface area contributed by atoms with Crippen LogP contribution in [-0.4, -0.2) is 0 Å². The third-order valence-electron chi connectivity index (χ3n) is 3.30. The maximum Gasteiger partial charge on any atom is 0.193 e. The smallest absolute Gasteiger partial charge is 0.193 e. The quantitative estimate of drug-likeness (QED) is 0.651. The van der Waals surface area contributed by atoms with Crippen LogP contribution in [0.3, 0.4) is 0 Å². The third kappa shape index (κ3) is 2.06. The normalized spacial score (nSPS) is 10.8.